The highest BCUT2D eigenvalue weighted by atomic mass is 79.9. The van der Waals surface area contributed by atoms with E-state index in [0.29, 0.717) is 5.33 Å². The Hall–Kier alpha value is -0.590. The average Bonchev–Trinajstić information content (AvgIpc) is 2.07. The average molecular weight is 248 g/mol. The molecule has 62 valence electrons. The Labute approximate surface area is 83.1 Å². The molecule has 0 aliphatic rings. The summed E-state index contributed by atoms with van der Waals surface area (Å²) in [6.07, 6.45) is 1.06. The Kier molecular flexibility index (Phi) is 3.51. The summed E-state index contributed by atoms with van der Waals surface area (Å²) in [5, 5.41) is 0.752. The zero-order chi connectivity index (χ0) is 8.97. The maximum Gasteiger partial charge on any atom is 0.157 e. The molecule has 1 aromatic heterocycles. The molecule has 0 aliphatic heterocycles. The minimum atomic E-state index is -0.451. The normalized spacial score (nSPS) is 8.92. The molecule has 1 aromatic rings. The topological polar surface area (TPSA) is 12.9 Å². The zero-order valence-corrected chi connectivity index (χ0v) is 8.28. The third kappa shape index (κ3) is 2.47. The van der Waals surface area contributed by atoms with Gasteiger partial charge in [-0.3, -0.25) is 0 Å². The molecule has 0 unspecified atom stereocenters. The lowest BCUT2D eigenvalue weighted by molar-refractivity contribution is 0.618. The second kappa shape index (κ2) is 4.44. The Balaban J connectivity index is 3.05. The van der Waals surface area contributed by atoms with Crippen molar-refractivity contribution in [2.45, 2.75) is 0 Å². The van der Waals surface area contributed by atoms with Gasteiger partial charge in [0, 0.05) is 0 Å². The number of halogens is 3. The molecule has 4 heteroatoms. The van der Waals surface area contributed by atoms with Crippen molar-refractivity contribution in [1.82, 2.24) is 4.98 Å². The van der Waals surface area contributed by atoms with Crippen molar-refractivity contribution in [2.75, 3.05) is 5.33 Å². The van der Waals surface area contributed by atoms with Crippen molar-refractivity contribution in [3.8, 4) is 11.8 Å². The lowest BCUT2D eigenvalue weighted by atomic mass is 10.2. The van der Waals surface area contributed by atoms with E-state index >= 15 is 0 Å². The minimum Gasteiger partial charge on any atom is -0.241 e. The van der Waals surface area contributed by atoms with Crippen LogP contribution in [0, 0.1) is 17.7 Å². The van der Waals surface area contributed by atoms with E-state index in [1.165, 1.54) is 6.07 Å². The zero-order valence-electron chi connectivity index (χ0n) is 5.94. The van der Waals surface area contributed by atoms with Crippen LogP contribution in [0.25, 0.3) is 0 Å². The predicted octanol–water partition coefficient (Wildman–Crippen LogP) is 2.62. The molecule has 1 rings (SSSR count). The van der Waals surface area contributed by atoms with Gasteiger partial charge in [0.1, 0.15) is 5.15 Å². The first kappa shape index (κ1) is 9.50. The SMILES string of the molecule is Fc1cnc(Cl)cc1C#CCBr. The van der Waals surface area contributed by atoms with Crippen molar-refractivity contribution in [3.05, 3.63) is 28.8 Å². The summed E-state index contributed by atoms with van der Waals surface area (Å²) in [5.41, 5.74) is 0.273. The first-order chi connectivity index (χ1) is 5.74. The first-order valence-electron chi connectivity index (χ1n) is 3.10. The molecule has 1 heterocycles. The number of rotatable bonds is 0. The summed E-state index contributed by atoms with van der Waals surface area (Å²) in [7, 11) is 0. The maximum atomic E-state index is 12.9. The number of aromatic nitrogens is 1. The lowest BCUT2D eigenvalue weighted by Crippen LogP contribution is -1.85. The number of pyridine rings is 1. The molecule has 12 heavy (non-hydrogen) atoms. The molecular weight excluding hydrogens is 244 g/mol. The third-order valence-corrected chi connectivity index (χ3v) is 1.60. The molecule has 1 nitrogen and oxygen atoms in total. The second-order valence-electron chi connectivity index (χ2n) is 1.92. The summed E-state index contributed by atoms with van der Waals surface area (Å²) in [4.78, 5) is 3.56. The van der Waals surface area contributed by atoms with Gasteiger partial charge in [0.25, 0.3) is 0 Å². The number of alkyl halides is 1. The molecule has 0 saturated carbocycles. The number of hydrogen-bond acceptors (Lipinski definition) is 1. The smallest absolute Gasteiger partial charge is 0.157 e. The molecule has 0 bridgehead atoms. The summed E-state index contributed by atoms with van der Waals surface area (Å²) in [5.74, 6) is 4.83. The fourth-order valence-electron chi connectivity index (χ4n) is 0.638. The Bertz CT molecular complexity index is 343. The van der Waals surface area contributed by atoms with Gasteiger partial charge in [0.05, 0.1) is 17.1 Å². The maximum absolute atomic E-state index is 12.9. The van der Waals surface area contributed by atoms with Crippen LogP contribution in [-0.4, -0.2) is 10.3 Å². The van der Waals surface area contributed by atoms with E-state index in [2.05, 4.69) is 32.8 Å². The van der Waals surface area contributed by atoms with Gasteiger partial charge in [0.15, 0.2) is 5.82 Å². The predicted molar refractivity (Wildman–Crippen MR) is 49.9 cm³/mol. The van der Waals surface area contributed by atoms with E-state index in [9.17, 15) is 4.39 Å². The Morgan fingerprint density at radius 3 is 3.08 bits per heavy atom. The van der Waals surface area contributed by atoms with Gasteiger partial charge in [0.2, 0.25) is 0 Å². The summed E-state index contributed by atoms with van der Waals surface area (Å²) in [6.45, 7) is 0. The minimum absolute atomic E-state index is 0.246. The van der Waals surface area contributed by atoms with Crippen LogP contribution in [0.2, 0.25) is 5.15 Å². The molecule has 0 spiro atoms. The van der Waals surface area contributed by atoms with Crippen LogP contribution in [0.15, 0.2) is 12.3 Å². The van der Waals surface area contributed by atoms with E-state index in [1.807, 2.05) is 0 Å². The molecule has 0 radical (unpaired) electrons. The van der Waals surface area contributed by atoms with E-state index in [4.69, 9.17) is 11.6 Å². The van der Waals surface area contributed by atoms with Crippen molar-refractivity contribution < 1.29 is 4.39 Å². The van der Waals surface area contributed by atoms with Gasteiger partial charge < -0.3 is 0 Å². The van der Waals surface area contributed by atoms with Crippen molar-refractivity contribution in [2.24, 2.45) is 0 Å². The van der Waals surface area contributed by atoms with Crippen LogP contribution >= 0.6 is 27.5 Å². The number of hydrogen-bond donors (Lipinski definition) is 0. The van der Waals surface area contributed by atoms with Crippen LogP contribution in [-0.2, 0) is 0 Å². The van der Waals surface area contributed by atoms with Crippen LogP contribution in [0.4, 0.5) is 4.39 Å². The van der Waals surface area contributed by atoms with Gasteiger partial charge in [-0.1, -0.05) is 39.4 Å². The van der Waals surface area contributed by atoms with E-state index in [-0.39, 0.29) is 10.7 Å². The summed E-state index contributed by atoms with van der Waals surface area (Å²) >= 11 is 8.64. The molecule has 0 saturated heterocycles. The third-order valence-electron chi connectivity index (χ3n) is 1.11. The fraction of sp³-hybridized carbons (Fsp3) is 0.125. The van der Waals surface area contributed by atoms with Gasteiger partial charge >= 0.3 is 0 Å². The number of nitrogens with zero attached hydrogens (tertiary/aromatic N) is 1. The van der Waals surface area contributed by atoms with Crippen LogP contribution in [0.3, 0.4) is 0 Å². The van der Waals surface area contributed by atoms with Gasteiger partial charge in [-0.25, -0.2) is 9.37 Å². The lowest BCUT2D eigenvalue weighted by Gasteiger charge is -1.92. The van der Waals surface area contributed by atoms with Crippen molar-refractivity contribution in [3.63, 3.8) is 0 Å². The quantitative estimate of drug-likeness (QED) is 0.391. The van der Waals surface area contributed by atoms with Crippen LogP contribution in [0.5, 0.6) is 0 Å². The molecule has 0 amide bonds. The largest absolute Gasteiger partial charge is 0.241 e. The molecular formula is C8H4BrClFN. The van der Waals surface area contributed by atoms with Gasteiger partial charge in [-0.2, -0.15) is 0 Å². The Morgan fingerprint density at radius 2 is 2.42 bits per heavy atom. The van der Waals surface area contributed by atoms with Gasteiger partial charge in [-0.05, 0) is 6.07 Å². The standard InChI is InChI=1S/C8H4BrClFN/c9-3-1-2-6-4-8(10)12-5-7(6)11/h4-5H,3H2. The molecule has 0 atom stereocenters. The van der Waals surface area contributed by atoms with E-state index < -0.39 is 5.82 Å². The van der Waals surface area contributed by atoms with Crippen molar-refractivity contribution >= 4 is 27.5 Å². The van der Waals surface area contributed by atoms with Crippen molar-refractivity contribution in [1.29, 1.82) is 0 Å². The first-order valence-corrected chi connectivity index (χ1v) is 4.60. The van der Waals surface area contributed by atoms with E-state index in [0.717, 1.165) is 6.20 Å². The molecule has 0 aromatic carbocycles. The van der Waals surface area contributed by atoms with Gasteiger partial charge in [-0.15, -0.1) is 0 Å². The molecule has 0 fully saturated rings. The summed E-state index contributed by atoms with van der Waals surface area (Å²) < 4.78 is 12.9. The fourth-order valence-corrected chi connectivity index (χ4v) is 0.936. The molecule has 0 N–H and O–H groups in total. The highest BCUT2D eigenvalue weighted by molar-refractivity contribution is 9.09. The second-order valence-corrected chi connectivity index (χ2v) is 2.87. The highest BCUT2D eigenvalue weighted by Gasteiger charge is 1.99. The molecule has 0 aliphatic carbocycles. The monoisotopic (exact) mass is 247 g/mol. The summed E-state index contributed by atoms with van der Waals surface area (Å²) in [6, 6.07) is 1.40. The van der Waals surface area contributed by atoms with E-state index in [1.54, 1.807) is 0 Å². The highest BCUT2D eigenvalue weighted by Crippen LogP contribution is 2.09. The van der Waals surface area contributed by atoms with Crippen LogP contribution < -0.4 is 0 Å². The van der Waals surface area contributed by atoms with Crippen LogP contribution in [0.1, 0.15) is 5.56 Å². The Morgan fingerprint density at radius 1 is 1.67 bits per heavy atom.